The number of rotatable bonds is 6. The maximum atomic E-state index is 12.1. The zero-order chi connectivity index (χ0) is 14.4. The number of anilines is 1. The highest BCUT2D eigenvalue weighted by Crippen LogP contribution is 2.21. The number of carbonyl (C=O) groups excluding carboxylic acids is 2. The van der Waals surface area contributed by atoms with E-state index in [9.17, 15) is 9.59 Å². The van der Waals surface area contributed by atoms with E-state index in [2.05, 4.69) is 15.6 Å². The van der Waals surface area contributed by atoms with Crippen LogP contribution in [0.5, 0.6) is 0 Å². The Bertz CT molecular complexity index is 442. The number of urea groups is 1. The van der Waals surface area contributed by atoms with Gasteiger partial charge in [0, 0.05) is 4.88 Å². The van der Waals surface area contributed by atoms with Crippen molar-refractivity contribution in [2.45, 2.75) is 26.3 Å². The molecule has 6 nitrogen and oxygen atoms in total. The summed E-state index contributed by atoms with van der Waals surface area (Å²) < 4.78 is 0. The Kier molecular flexibility index (Phi) is 6.10. The molecule has 4 N–H and O–H groups in total. The number of nitrogens with two attached hydrogens (primary N) is 1. The predicted octanol–water partition coefficient (Wildman–Crippen LogP) is 1.49. The van der Waals surface area contributed by atoms with E-state index in [4.69, 9.17) is 5.73 Å². The Morgan fingerprint density at radius 2 is 2.16 bits per heavy atom. The molecular weight excluding hydrogens is 284 g/mol. The van der Waals surface area contributed by atoms with Gasteiger partial charge in [0.15, 0.2) is 5.13 Å². The fourth-order valence-corrected chi connectivity index (χ4v) is 2.68. The van der Waals surface area contributed by atoms with Crippen LogP contribution in [0.4, 0.5) is 9.93 Å². The largest absolute Gasteiger partial charge is 0.352 e. The van der Waals surface area contributed by atoms with Gasteiger partial charge in [-0.1, -0.05) is 0 Å². The number of primary amides is 1. The molecule has 0 spiro atoms. The summed E-state index contributed by atoms with van der Waals surface area (Å²) in [6, 6.07) is -1.33. The van der Waals surface area contributed by atoms with Gasteiger partial charge in [-0.25, -0.2) is 9.78 Å². The molecule has 1 rings (SSSR count). The number of hydrogen-bond acceptors (Lipinski definition) is 5. The van der Waals surface area contributed by atoms with Crippen molar-refractivity contribution in [1.82, 2.24) is 10.3 Å². The van der Waals surface area contributed by atoms with E-state index in [0.29, 0.717) is 11.6 Å². The number of hydrogen-bond donors (Lipinski definition) is 3. The molecule has 1 heterocycles. The van der Waals surface area contributed by atoms with Crippen molar-refractivity contribution in [2.75, 3.05) is 17.3 Å². The van der Waals surface area contributed by atoms with Crippen LogP contribution in [0.1, 0.15) is 17.0 Å². The molecule has 19 heavy (non-hydrogen) atoms. The third-order valence-corrected chi connectivity index (χ3v) is 4.13. The number of thiazole rings is 1. The fourth-order valence-electron chi connectivity index (χ4n) is 1.39. The molecule has 1 unspecified atom stereocenters. The lowest BCUT2D eigenvalue weighted by Gasteiger charge is -2.15. The normalized spacial score (nSPS) is 11.9. The zero-order valence-electron chi connectivity index (χ0n) is 11.1. The molecule has 0 radical (unpaired) electrons. The Labute approximate surface area is 120 Å². The predicted molar refractivity (Wildman–Crippen MR) is 79.7 cm³/mol. The van der Waals surface area contributed by atoms with Gasteiger partial charge >= 0.3 is 6.03 Å². The lowest BCUT2D eigenvalue weighted by molar-refractivity contribution is -0.117. The Balaban J connectivity index is 2.67. The monoisotopic (exact) mass is 302 g/mol. The first-order valence-electron chi connectivity index (χ1n) is 5.73. The number of aryl methyl sites for hydroxylation is 2. The summed E-state index contributed by atoms with van der Waals surface area (Å²) in [5.41, 5.74) is 5.97. The van der Waals surface area contributed by atoms with E-state index in [1.165, 1.54) is 11.3 Å². The van der Waals surface area contributed by atoms with E-state index in [-0.39, 0.29) is 5.91 Å². The molecule has 0 aliphatic rings. The van der Waals surface area contributed by atoms with E-state index < -0.39 is 12.1 Å². The molecule has 0 saturated carbocycles. The van der Waals surface area contributed by atoms with Gasteiger partial charge in [-0.05, 0) is 32.3 Å². The summed E-state index contributed by atoms with van der Waals surface area (Å²) in [5, 5.41) is 5.70. The average molecular weight is 302 g/mol. The van der Waals surface area contributed by atoms with Crippen molar-refractivity contribution in [2.24, 2.45) is 5.73 Å². The number of aromatic nitrogens is 1. The van der Waals surface area contributed by atoms with Gasteiger partial charge in [0.25, 0.3) is 0 Å². The van der Waals surface area contributed by atoms with E-state index in [1.807, 2.05) is 20.1 Å². The van der Waals surface area contributed by atoms with Gasteiger partial charge in [0.1, 0.15) is 6.04 Å². The van der Waals surface area contributed by atoms with Crippen LogP contribution in [-0.4, -0.2) is 35.0 Å². The van der Waals surface area contributed by atoms with Crippen LogP contribution in [0.25, 0.3) is 0 Å². The fraction of sp³-hybridized carbons (Fsp3) is 0.545. The van der Waals surface area contributed by atoms with Crippen LogP contribution in [0, 0.1) is 13.8 Å². The second-order valence-corrected chi connectivity index (χ2v) is 6.18. The minimum atomic E-state index is -0.701. The van der Waals surface area contributed by atoms with Crippen molar-refractivity contribution in [3.8, 4) is 0 Å². The SMILES string of the molecule is CSCCC(NC(N)=O)C(=O)Nc1nc(C)c(C)s1. The van der Waals surface area contributed by atoms with Crippen molar-refractivity contribution in [1.29, 1.82) is 0 Å². The molecule has 1 atom stereocenters. The third kappa shape index (κ3) is 5.07. The summed E-state index contributed by atoms with van der Waals surface area (Å²) in [7, 11) is 0. The highest BCUT2D eigenvalue weighted by atomic mass is 32.2. The van der Waals surface area contributed by atoms with Crippen LogP contribution in [0.15, 0.2) is 0 Å². The first-order chi connectivity index (χ1) is 8.93. The maximum absolute atomic E-state index is 12.1. The Morgan fingerprint density at radius 1 is 1.47 bits per heavy atom. The van der Waals surface area contributed by atoms with E-state index in [0.717, 1.165) is 16.3 Å². The molecule has 1 aromatic heterocycles. The van der Waals surface area contributed by atoms with E-state index in [1.54, 1.807) is 11.8 Å². The molecular formula is C11H18N4O2S2. The zero-order valence-corrected chi connectivity index (χ0v) is 12.8. The van der Waals surface area contributed by atoms with Crippen LogP contribution in [-0.2, 0) is 4.79 Å². The second-order valence-electron chi connectivity index (χ2n) is 3.99. The number of carbonyl (C=O) groups is 2. The number of nitrogens with one attached hydrogen (secondary N) is 2. The summed E-state index contributed by atoms with van der Waals surface area (Å²) in [6.45, 7) is 3.82. The van der Waals surface area contributed by atoms with Gasteiger partial charge < -0.3 is 16.4 Å². The maximum Gasteiger partial charge on any atom is 0.312 e. The number of thioether (sulfide) groups is 1. The second kappa shape index (κ2) is 7.34. The van der Waals surface area contributed by atoms with Gasteiger partial charge in [-0.15, -0.1) is 11.3 Å². The lowest BCUT2D eigenvalue weighted by Crippen LogP contribution is -2.46. The van der Waals surface area contributed by atoms with Gasteiger partial charge in [-0.3, -0.25) is 4.79 Å². The van der Waals surface area contributed by atoms with Gasteiger partial charge in [0.05, 0.1) is 5.69 Å². The van der Waals surface area contributed by atoms with Crippen molar-refractivity contribution >= 4 is 40.2 Å². The minimum absolute atomic E-state index is 0.290. The van der Waals surface area contributed by atoms with Crippen molar-refractivity contribution in [3.05, 3.63) is 10.6 Å². The van der Waals surface area contributed by atoms with Crippen LogP contribution in [0.2, 0.25) is 0 Å². The molecule has 0 aliphatic heterocycles. The standard InChI is InChI=1S/C11H18N4O2S2/c1-6-7(2)19-11(13-6)15-9(16)8(4-5-18-3)14-10(12)17/h8H,4-5H2,1-3H3,(H3,12,14,17)(H,13,15,16). The summed E-state index contributed by atoms with van der Waals surface area (Å²) in [6.07, 6.45) is 2.46. The van der Waals surface area contributed by atoms with Crippen LogP contribution >= 0.6 is 23.1 Å². The number of amides is 3. The smallest absolute Gasteiger partial charge is 0.312 e. The summed E-state index contributed by atoms with van der Waals surface area (Å²) in [4.78, 5) is 28.2. The first-order valence-corrected chi connectivity index (χ1v) is 7.95. The first kappa shape index (κ1) is 15.8. The van der Waals surface area contributed by atoms with Crippen LogP contribution < -0.4 is 16.4 Å². The van der Waals surface area contributed by atoms with Crippen molar-refractivity contribution in [3.63, 3.8) is 0 Å². The minimum Gasteiger partial charge on any atom is -0.352 e. The third-order valence-electron chi connectivity index (χ3n) is 2.50. The highest BCUT2D eigenvalue weighted by molar-refractivity contribution is 7.98. The van der Waals surface area contributed by atoms with Gasteiger partial charge in [0.2, 0.25) is 5.91 Å². The molecule has 0 aliphatic carbocycles. The Hall–Kier alpha value is -1.28. The molecule has 0 fully saturated rings. The quantitative estimate of drug-likeness (QED) is 0.741. The van der Waals surface area contributed by atoms with E-state index >= 15 is 0 Å². The summed E-state index contributed by atoms with van der Waals surface area (Å²) in [5.74, 6) is 0.468. The highest BCUT2D eigenvalue weighted by Gasteiger charge is 2.20. The average Bonchev–Trinajstić information content (AvgIpc) is 2.63. The van der Waals surface area contributed by atoms with Crippen molar-refractivity contribution < 1.29 is 9.59 Å². The Morgan fingerprint density at radius 3 is 2.63 bits per heavy atom. The number of nitrogens with zero attached hydrogens (tertiary/aromatic N) is 1. The molecule has 0 aromatic carbocycles. The molecule has 0 bridgehead atoms. The molecule has 3 amide bonds. The molecule has 106 valence electrons. The lowest BCUT2D eigenvalue weighted by atomic mass is 10.2. The molecule has 1 aromatic rings. The topological polar surface area (TPSA) is 97.1 Å². The van der Waals surface area contributed by atoms with Gasteiger partial charge in [-0.2, -0.15) is 11.8 Å². The summed E-state index contributed by atoms with van der Waals surface area (Å²) >= 11 is 3.01. The molecule has 0 saturated heterocycles. The molecule has 8 heteroatoms. The van der Waals surface area contributed by atoms with Crippen LogP contribution in [0.3, 0.4) is 0 Å².